The average Bonchev–Trinajstić information content (AvgIpc) is 2.68. The first-order valence-electron chi connectivity index (χ1n) is 10.7. The molecule has 0 unspecified atom stereocenters. The number of carbonyl (C=O) groups excluding carboxylic acids is 2. The van der Waals surface area contributed by atoms with Crippen LogP contribution in [0.2, 0.25) is 0 Å². The molecule has 0 radical (unpaired) electrons. The molecular weight excluding hydrogens is 336 g/mol. The van der Waals surface area contributed by atoms with Crippen molar-refractivity contribution in [2.24, 2.45) is 11.8 Å². The number of aryl methyl sites for hydroxylation is 1. The van der Waals surface area contributed by atoms with Crippen molar-refractivity contribution in [1.82, 2.24) is 4.90 Å². The van der Waals surface area contributed by atoms with Gasteiger partial charge in [0, 0.05) is 37.2 Å². The zero-order valence-corrected chi connectivity index (χ0v) is 17.5. The first-order chi connectivity index (χ1) is 13.0. The predicted octanol–water partition coefficient (Wildman–Crippen LogP) is 4.80. The Kier molecular flexibility index (Phi) is 8.33. The van der Waals surface area contributed by atoms with Gasteiger partial charge in [0.25, 0.3) is 0 Å². The van der Waals surface area contributed by atoms with Gasteiger partial charge < -0.3 is 9.80 Å². The van der Waals surface area contributed by atoms with Crippen LogP contribution >= 0.6 is 0 Å². The number of anilines is 1. The molecule has 1 aromatic rings. The zero-order chi connectivity index (χ0) is 19.8. The monoisotopic (exact) mass is 372 g/mol. The van der Waals surface area contributed by atoms with Crippen molar-refractivity contribution in [2.75, 3.05) is 24.5 Å². The van der Waals surface area contributed by atoms with Crippen LogP contribution in [0, 0.1) is 18.8 Å². The molecule has 1 fully saturated rings. The smallest absolute Gasteiger partial charge is 0.230 e. The van der Waals surface area contributed by atoms with Gasteiger partial charge in [0.2, 0.25) is 11.8 Å². The normalized spacial score (nSPS) is 19.6. The molecule has 2 rings (SSSR count). The van der Waals surface area contributed by atoms with Gasteiger partial charge in [-0.1, -0.05) is 26.0 Å². The van der Waals surface area contributed by atoms with Gasteiger partial charge in [-0.2, -0.15) is 0 Å². The molecule has 0 N–H and O–H groups in total. The topological polar surface area (TPSA) is 40.6 Å². The molecular formula is C23H36N2O2. The summed E-state index contributed by atoms with van der Waals surface area (Å²) in [5.41, 5.74) is 2.15. The molecule has 0 atom stereocenters. The minimum atomic E-state index is 0.0420. The van der Waals surface area contributed by atoms with E-state index >= 15 is 0 Å². The Morgan fingerprint density at radius 1 is 0.926 bits per heavy atom. The van der Waals surface area contributed by atoms with Crippen molar-refractivity contribution in [3.05, 3.63) is 29.8 Å². The van der Waals surface area contributed by atoms with E-state index in [-0.39, 0.29) is 17.7 Å². The highest BCUT2D eigenvalue weighted by molar-refractivity contribution is 5.95. The largest absolute Gasteiger partial charge is 0.342 e. The summed E-state index contributed by atoms with van der Waals surface area (Å²) in [5, 5.41) is 0. The van der Waals surface area contributed by atoms with Crippen molar-refractivity contribution in [2.45, 2.75) is 66.2 Å². The lowest BCUT2D eigenvalue weighted by Gasteiger charge is -2.33. The van der Waals surface area contributed by atoms with Gasteiger partial charge in [0.05, 0.1) is 0 Å². The van der Waals surface area contributed by atoms with Crippen LogP contribution in [0.25, 0.3) is 0 Å². The molecule has 0 saturated heterocycles. The highest BCUT2D eigenvalue weighted by Crippen LogP contribution is 2.32. The number of benzene rings is 1. The number of carbonyl (C=O) groups is 2. The maximum absolute atomic E-state index is 13.1. The first kappa shape index (κ1) is 21.5. The summed E-state index contributed by atoms with van der Waals surface area (Å²) in [7, 11) is 0. The Hall–Kier alpha value is -1.84. The molecule has 1 aliphatic carbocycles. The Labute approximate surface area is 164 Å². The fraction of sp³-hybridized carbons (Fsp3) is 0.652. The zero-order valence-electron chi connectivity index (χ0n) is 17.5. The van der Waals surface area contributed by atoms with Gasteiger partial charge >= 0.3 is 0 Å². The molecule has 4 nitrogen and oxygen atoms in total. The van der Waals surface area contributed by atoms with E-state index in [0.29, 0.717) is 12.5 Å². The molecule has 0 aliphatic heterocycles. The molecule has 27 heavy (non-hydrogen) atoms. The molecule has 0 heterocycles. The fourth-order valence-corrected chi connectivity index (χ4v) is 4.20. The Bertz CT molecular complexity index is 615. The summed E-state index contributed by atoms with van der Waals surface area (Å²) in [6.45, 7) is 10.7. The third kappa shape index (κ3) is 5.57. The highest BCUT2D eigenvalue weighted by Gasteiger charge is 2.33. The Morgan fingerprint density at radius 2 is 1.48 bits per heavy atom. The van der Waals surface area contributed by atoms with Crippen LogP contribution in [-0.2, 0) is 9.59 Å². The van der Waals surface area contributed by atoms with E-state index in [2.05, 4.69) is 32.9 Å². The second-order valence-corrected chi connectivity index (χ2v) is 7.80. The summed E-state index contributed by atoms with van der Waals surface area (Å²) >= 11 is 0. The van der Waals surface area contributed by atoms with Gasteiger partial charge in [-0.05, 0) is 70.1 Å². The van der Waals surface area contributed by atoms with Crippen LogP contribution in [-0.4, -0.2) is 36.3 Å². The molecule has 1 saturated carbocycles. The lowest BCUT2D eigenvalue weighted by molar-refractivity contribution is -0.138. The van der Waals surface area contributed by atoms with E-state index in [9.17, 15) is 9.59 Å². The van der Waals surface area contributed by atoms with Crippen LogP contribution < -0.4 is 4.90 Å². The fourth-order valence-electron chi connectivity index (χ4n) is 4.20. The molecule has 4 heteroatoms. The van der Waals surface area contributed by atoms with Crippen LogP contribution in [0.4, 0.5) is 5.69 Å². The average molecular weight is 373 g/mol. The summed E-state index contributed by atoms with van der Waals surface area (Å²) in [4.78, 5) is 29.9. The molecule has 150 valence electrons. The Morgan fingerprint density at radius 3 is 1.96 bits per heavy atom. The minimum Gasteiger partial charge on any atom is -0.342 e. The lowest BCUT2D eigenvalue weighted by atomic mass is 9.80. The van der Waals surface area contributed by atoms with E-state index in [1.165, 1.54) is 5.56 Å². The number of amides is 2. The summed E-state index contributed by atoms with van der Waals surface area (Å²) in [5.74, 6) is 0.658. The van der Waals surface area contributed by atoms with Gasteiger partial charge in [-0.15, -0.1) is 0 Å². The van der Waals surface area contributed by atoms with Crippen molar-refractivity contribution in [3.8, 4) is 0 Å². The van der Waals surface area contributed by atoms with Crippen molar-refractivity contribution in [1.29, 1.82) is 0 Å². The number of hydrogen-bond acceptors (Lipinski definition) is 2. The van der Waals surface area contributed by atoms with Crippen LogP contribution in [0.15, 0.2) is 24.3 Å². The summed E-state index contributed by atoms with van der Waals surface area (Å²) in [6.07, 6.45) is 5.32. The van der Waals surface area contributed by atoms with Crippen molar-refractivity contribution < 1.29 is 9.59 Å². The summed E-state index contributed by atoms with van der Waals surface area (Å²) < 4.78 is 0. The van der Waals surface area contributed by atoms with Crippen LogP contribution in [0.5, 0.6) is 0 Å². The van der Waals surface area contributed by atoms with Crippen molar-refractivity contribution >= 4 is 17.5 Å². The van der Waals surface area contributed by atoms with Gasteiger partial charge in [-0.25, -0.2) is 0 Å². The lowest BCUT2D eigenvalue weighted by Crippen LogP contribution is -2.41. The molecule has 1 aliphatic rings. The number of rotatable bonds is 8. The second kappa shape index (κ2) is 10.5. The van der Waals surface area contributed by atoms with Crippen LogP contribution in [0.3, 0.4) is 0 Å². The van der Waals surface area contributed by atoms with E-state index in [1.54, 1.807) is 0 Å². The van der Waals surface area contributed by atoms with Gasteiger partial charge in [0.1, 0.15) is 0 Å². The van der Waals surface area contributed by atoms with Gasteiger partial charge in [-0.3, -0.25) is 9.59 Å². The molecule has 0 aromatic heterocycles. The third-order valence-corrected chi connectivity index (χ3v) is 5.62. The third-order valence-electron chi connectivity index (χ3n) is 5.62. The molecule has 0 bridgehead atoms. The molecule has 1 aromatic carbocycles. The molecule has 0 spiro atoms. The van der Waals surface area contributed by atoms with Crippen LogP contribution in [0.1, 0.15) is 64.9 Å². The summed E-state index contributed by atoms with van der Waals surface area (Å²) in [6, 6.07) is 8.14. The first-order valence-corrected chi connectivity index (χ1v) is 10.7. The SMILES string of the molecule is CCCN(CCC)C(=O)C1CCC(C(=O)N(CC)c2cccc(C)c2)CC1. The maximum atomic E-state index is 13.1. The van der Waals surface area contributed by atoms with E-state index < -0.39 is 0 Å². The number of hydrogen-bond donors (Lipinski definition) is 0. The van der Waals surface area contributed by atoms with Crippen molar-refractivity contribution in [3.63, 3.8) is 0 Å². The van der Waals surface area contributed by atoms with E-state index in [1.807, 2.05) is 28.9 Å². The van der Waals surface area contributed by atoms with E-state index in [4.69, 9.17) is 0 Å². The highest BCUT2D eigenvalue weighted by atomic mass is 16.2. The molecule has 2 amide bonds. The number of nitrogens with zero attached hydrogens (tertiary/aromatic N) is 2. The van der Waals surface area contributed by atoms with E-state index in [0.717, 1.165) is 57.3 Å². The minimum absolute atomic E-state index is 0.0420. The second-order valence-electron chi connectivity index (χ2n) is 7.80. The van der Waals surface area contributed by atoms with Gasteiger partial charge in [0.15, 0.2) is 0 Å². The predicted molar refractivity (Wildman–Crippen MR) is 112 cm³/mol. The Balaban J connectivity index is 1.97. The standard InChI is InChI=1S/C23H36N2O2/c1-5-15-24(16-6-2)22(26)19-11-13-20(14-12-19)23(27)25(7-3)21-10-8-9-18(4)17-21/h8-10,17,19-20H,5-7,11-16H2,1-4H3. The quantitative estimate of drug-likeness (QED) is 0.657. The maximum Gasteiger partial charge on any atom is 0.230 e.